The summed E-state index contributed by atoms with van der Waals surface area (Å²) in [5.74, 6) is 0. The van der Waals surface area contributed by atoms with E-state index >= 15 is 0 Å². The van der Waals surface area contributed by atoms with Crippen molar-refractivity contribution in [1.82, 2.24) is 9.78 Å². The molecule has 1 unspecified atom stereocenters. The highest BCUT2D eigenvalue weighted by Gasteiger charge is 2.32. The number of nitrogens with two attached hydrogens (primary N) is 1. The molecule has 1 aromatic carbocycles. The average Bonchev–Trinajstić information content (AvgIpc) is 2.67. The van der Waals surface area contributed by atoms with Crippen LogP contribution in [-0.2, 0) is 13.2 Å². The minimum absolute atomic E-state index is 0.297. The van der Waals surface area contributed by atoms with Crippen LogP contribution in [0.15, 0.2) is 28.9 Å². The minimum Gasteiger partial charge on any atom is -0.319 e. The van der Waals surface area contributed by atoms with E-state index in [1.54, 1.807) is 7.05 Å². The Morgan fingerprint density at radius 3 is 2.55 bits per heavy atom. The highest BCUT2D eigenvalue weighted by molar-refractivity contribution is 9.10. The largest absolute Gasteiger partial charge is 0.416 e. The van der Waals surface area contributed by atoms with Crippen LogP contribution >= 0.6 is 27.5 Å². The SMILES string of the molecule is Cn1ncc(Cl)c1C(N)c1cc(C(F)(F)F)ccc1Br. The highest BCUT2D eigenvalue weighted by atomic mass is 79.9. The number of halogens is 5. The molecule has 2 N–H and O–H groups in total. The average molecular weight is 369 g/mol. The van der Waals surface area contributed by atoms with E-state index in [0.717, 1.165) is 12.1 Å². The third-order valence-electron chi connectivity index (χ3n) is 2.89. The van der Waals surface area contributed by atoms with E-state index in [1.165, 1.54) is 16.9 Å². The van der Waals surface area contributed by atoms with Crippen LogP contribution in [-0.4, -0.2) is 9.78 Å². The van der Waals surface area contributed by atoms with Gasteiger partial charge in [-0.15, -0.1) is 0 Å². The smallest absolute Gasteiger partial charge is 0.319 e. The van der Waals surface area contributed by atoms with Gasteiger partial charge in [-0.25, -0.2) is 0 Å². The van der Waals surface area contributed by atoms with Crippen LogP contribution in [0.4, 0.5) is 13.2 Å². The fourth-order valence-electron chi connectivity index (χ4n) is 1.88. The summed E-state index contributed by atoms with van der Waals surface area (Å²) in [5.41, 5.74) is 6.02. The molecule has 0 aliphatic heterocycles. The molecule has 0 radical (unpaired) electrons. The van der Waals surface area contributed by atoms with Gasteiger partial charge >= 0.3 is 6.18 Å². The van der Waals surface area contributed by atoms with Crippen molar-refractivity contribution in [3.8, 4) is 0 Å². The van der Waals surface area contributed by atoms with E-state index in [4.69, 9.17) is 17.3 Å². The Kier molecular flexibility index (Phi) is 4.13. The summed E-state index contributed by atoms with van der Waals surface area (Å²) in [7, 11) is 1.63. The van der Waals surface area contributed by atoms with Crippen molar-refractivity contribution in [2.45, 2.75) is 12.2 Å². The lowest BCUT2D eigenvalue weighted by Gasteiger charge is -2.17. The quantitative estimate of drug-likeness (QED) is 0.873. The molecule has 1 aromatic heterocycles. The Bertz CT molecular complexity index is 620. The number of alkyl halides is 3. The third-order valence-corrected chi connectivity index (χ3v) is 3.90. The lowest BCUT2D eigenvalue weighted by atomic mass is 10.0. The predicted octanol–water partition coefficient (Wildman–Crippen LogP) is 3.90. The molecule has 1 atom stereocenters. The van der Waals surface area contributed by atoms with E-state index < -0.39 is 17.8 Å². The van der Waals surface area contributed by atoms with E-state index in [1.807, 2.05) is 0 Å². The van der Waals surface area contributed by atoms with Crippen molar-refractivity contribution < 1.29 is 13.2 Å². The number of aryl methyl sites for hydroxylation is 1. The second-order valence-electron chi connectivity index (χ2n) is 4.21. The Morgan fingerprint density at radius 2 is 2.05 bits per heavy atom. The molecule has 0 aliphatic carbocycles. The summed E-state index contributed by atoms with van der Waals surface area (Å²) in [6.07, 6.45) is -3.02. The summed E-state index contributed by atoms with van der Waals surface area (Å²) in [6.45, 7) is 0. The highest BCUT2D eigenvalue weighted by Crippen LogP contribution is 2.36. The van der Waals surface area contributed by atoms with Crippen LogP contribution in [0.5, 0.6) is 0 Å². The van der Waals surface area contributed by atoms with Gasteiger partial charge in [0.1, 0.15) is 0 Å². The molecule has 20 heavy (non-hydrogen) atoms. The van der Waals surface area contributed by atoms with E-state index in [9.17, 15) is 13.2 Å². The first kappa shape index (κ1) is 15.3. The second-order valence-corrected chi connectivity index (χ2v) is 5.47. The van der Waals surface area contributed by atoms with Gasteiger partial charge in [-0.05, 0) is 23.8 Å². The van der Waals surface area contributed by atoms with Gasteiger partial charge in [0.15, 0.2) is 0 Å². The monoisotopic (exact) mass is 367 g/mol. The van der Waals surface area contributed by atoms with Gasteiger partial charge in [-0.3, -0.25) is 4.68 Å². The lowest BCUT2D eigenvalue weighted by molar-refractivity contribution is -0.137. The normalized spacial score (nSPS) is 13.6. The van der Waals surface area contributed by atoms with Crippen molar-refractivity contribution >= 4 is 27.5 Å². The maximum Gasteiger partial charge on any atom is 0.416 e. The zero-order valence-electron chi connectivity index (χ0n) is 10.2. The van der Waals surface area contributed by atoms with Crippen molar-refractivity contribution in [1.29, 1.82) is 0 Å². The summed E-state index contributed by atoms with van der Waals surface area (Å²) in [5, 5.41) is 4.24. The number of nitrogens with zero attached hydrogens (tertiary/aromatic N) is 2. The van der Waals surface area contributed by atoms with Crippen LogP contribution < -0.4 is 5.73 Å². The maximum atomic E-state index is 12.8. The Labute approximate surface area is 126 Å². The van der Waals surface area contributed by atoms with Gasteiger partial charge in [-0.1, -0.05) is 27.5 Å². The van der Waals surface area contributed by atoms with E-state index in [2.05, 4.69) is 21.0 Å². The van der Waals surface area contributed by atoms with Crippen LogP contribution in [0.1, 0.15) is 22.9 Å². The molecule has 2 aromatic rings. The molecule has 0 saturated carbocycles. The van der Waals surface area contributed by atoms with Gasteiger partial charge < -0.3 is 5.73 Å². The molecule has 8 heteroatoms. The number of benzene rings is 1. The standard InChI is InChI=1S/C12H10BrClF3N3/c1-20-11(9(14)5-19-20)10(18)7-4-6(12(15,16)17)2-3-8(7)13/h2-5,10H,18H2,1H3. The summed E-state index contributed by atoms with van der Waals surface area (Å²) in [6, 6.07) is 2.51. The van der Waals surface area contributed by atoms with Crippen molar-refractivity contribution in [2.24, 2.45) is 12.8 Å². The van der Waals surface area contributed by atoms with Crippen LogP contribution in [0, 0.1) is 0 Å². The minimum atomic E-state index is -4.43. The van der Waals surface area contributed by atoms with Gasteiger partial charge in [0.2, 0.25) is 0 Å². The molecular weight excluding hydrogens is 359 g/mol. The Hall–Kier alpha value is -1.05. The summed E-state index contributed by atoms with van der Waals surface area (Å²) >= 11 is 9.18. The van der Waals surface area contributed by atoms with E-state index in [0.29, 0.717) is 20.8 Å². The first-order valence-corrected chi connectivity index (χ1v) is 6.68. The topological polar surface area (TPSA) is 43.8 Å². The molecule has 0 fully saturated rings. The molecule has 0 saturated heterocycles. The lowest BCUT2D eigenvalue weighted by Crippen LogP contribution is -2.18. The zero-order valence-corrected chi connectivity index (χ0v) is 12.6. The first-order chi connectivity index (χ1) is 9.21. The molecule has 3 nitrogen and oxygen atoms in total. The maximum absolute atomic E-state index is 12.8. The number of rotatable bonds is 2. The molecular formula is C12H10BrClF3N3. The molecule has 0 amide bonds. The second kappa shape index (κ2) is 5.38. The zero-order chi connectivity index (χ0) is 15.1. The molecule has 1 heterocycles. The summed E-state index contributed by atoms with van der Waals surface area (Å²) in [4.78, 5) is 0. The summed E-state index contributed by atoms with van der Waals surface area (Å²) < 4.78 is 40.2. The Morgan fingerprint density at radius 1 is 1.40 bits per heavy atom. The number of aromatic nitrogens is 2. The van der Waals surface area contributed by atoms with Crippen molar-refractivity contribution in [2.75, 3.05) is 0 Å². The van der Waals surface area contributed by atoms with Crippen molar-refractivity contribution in [3.63, 3.8) is 0 Å². The molecule has 2 rings (SSSR count). The fourth-order valence-corrected chi connectivity index (χ4v) is 2.65. The predicted molar refractivity (Wildman–Crippen MR) is 73.4 cm³/mol. The number of hydrogen-bond acceptors (Lipinski definition) is 2. The van der Waals surface area contributed by atoms with Crippen LogP contribution in [0.25, 0.3) is 0 Å². The van der Waals surface area contributed by atoms with Crippen molar-refractivity contribution in [3.05, 3.63) is 50.7 Å². The van der Waals surface area contributed by atoms with Gasteiger partial charge in [0, 0.05) is 11.5 Å². The molecule has 108 valence electrons. The van der Waals surface area contributed by atoms with E-state index in [-0.39, 0.29) is 0 Å². The van der Waals surface area contributed by atoms with Gasteiger partial charge in [-0.2, -0.15) is 18.3 Å². The molecule has 0 spiro atoms. The van der Waals surface area contributed by atoms with Gasteiger partial charge in [0.05, 0.1) is 28.5 Å². The third kappa shape index (κ3) is 2.84. The molecule has 0 bridgehead atoms. The Balaban J connectivity index is 2.52. The first-order valence-electron chi connectivity index (χ1n) is 5.51. The molecule has 0 aliphatic rings. The fraction of sp³-hybridized carbons (Fsp3) is 0.250. The van der Waals surface area contributed by atoms with Crippen LogP contribution in [0.2, 0.25) is 5.02 Å². The van der Waals surface area contributed by atoms with Crippen LogP contribution in [0.3, 0.4) is 0 Å². The number of hydrogen-bond donors (Lipinski definition) is 1. The van der Waals surface area contributed by atoms with Gasteiger partial charge in [0.25, 0.3) is 0 Å².